The Morgan fingerprint density at radius 3 is 0.909 bits per heavy atom. The third-order valence-electron chi connectivity index (χ3n) is 11.1. The average Bonchev–Trinajstić information content (AvgIpc) is 1.06. The van der Waals surface area contributed by atoms with Gasteiger partial charge in [0.15, 0.2) is 0 Å². The standard InChI is InChI=1S/C56H94F6N6O20/c57-55(58,59)51-46-49(53-48-66-68-67-53)47-52(56(60,61)62)50(51)2-3-54(70)65-8-15-76-21-27-82-33-39-88-45-44-87-38-32-81-26-20-75-14-7-64-6-13-74-19-25-80-31-37-86-43-42-85-36-30-79-24-18-73-12-5-63-4-11-72-17-23-78-29-35-84-41-40-83-34-28-77-22-16-71-10-1-9-69/h2-3,9,46-48,63-64H,1,4-8,10-45H2,(H,65,70)(H,66,67,68)/b3-2+. The number of aromatic amines is 1. The molecule has 1 aromatic carbocycles. The number of hydrogen-bond acceptors (Lipinski definition) is 24. The second-order valence-corrected chi connectivity index (χ2v) is 17.9. The van der Waals surface area contributed by atoms with Crippen molar-refractivity contribution < 1.29 is 121 Å². The molecule has 0 unspecified atom stereocenters. The highest BCUT2D eigenvalue weighted by molar-refractivity contribution is 5.92. The van der Waals surface area contributed by atoms with Crippen LogP contribution < -0.4 is 16.0 Å². The van der Waals surface area contributed by atoms with E-state index < -0.39 is 40.5 Å². The van der Waals surface area contributed by atoms with Gasteiger partial charge in [0.2, 0.25) is 5.91 Å². The predicted molar refractivity (Wildman–Crippen MR) is 305 cm³/mol. The van der Waals surface area contributed by atoms with Gasteiger partial charge in [-0.2, -0.15) is 41.8 Å². The number of nitrogens with one attached hydrogen (secondary N) is 4. The molecule has 510 valence electrons. The van der Waals surface area contributed by atoms with Crippen molar-refractivity contribution in [3.05, 3.63) is 41.1 Å². The molecule has 0 fully saturated rings. The Kier molecular flexibility index (Phi) is 52.9. The van der Waals surface area contributed by atoms with Gasteiger partial charge in [-0.1, -0.05) is 0 Å². The Labute approximate surface area is 511 Å². The molecule has 0 spiro atoms. The van der Waals surface area contributed by atoms with Gasteiger partial charge in [-0.15, -0.1) is 0 Å². The van der Waals surface area contributed by atoms with E-state index in [2.05, 4.69) is 31.4 Å². The number of rotatable bonds is 66. The number of ether oxygens (including phenoxy) is 18. The topological polar surface area (TPSA) is 278 Å². The lowest BCUT2D eigenvalue weighted by atomic mass is 9.95. The van der Waals surface area contributed by atoms with Crippen molar-refractivity contribution in [3.8, 4) is 11.3 Å². The highest BCUT2D eigenvalue weighted by Gasteiger charge is 2.41. The van der Waals surface area contributed by atoms with Gasteiger partial charge in [-0.25, -0.2) is 0 Å². The molecule has 0 aliphatic carbocycles. The number of H-pyrrole nitrogens is 1. The Bertz CT molecular complexity index is 1890. The van der Waals surface area contributed by atoms with Gasteiger partial charge in [0.05, 0.1) is 255 Å². The van der Waals surface area contributed by atoms with Crippen molar-refractivity contribution in [1.82, 2.24) is 31.4 Å². The molecular formula is C56H94F6N6O20. The van der Waals surface area contributed by atoms with E-state index in [0.29, 0.717) is 262 Å². The van der Waals surface area contributed by atoms with Crippen LogP contribution in [-0.2, 0) is 107 Å². The molecule has 2 aromatic rings. The molecule has 0 aliphatic rings. The molecule has 0 radical (unpaired) electrons. The van der Waals surface area contributed by atoms with Crippen molar-refractivity contribution in [2.75, 3.05) is 271 Å². The second-order valence-electron chi connectivity index (χ2n) is 17.9. The molecule has 32 heteroatoms. The van der Waals surface area contributed by atoms with Crippen molar-refractivity contribution in [3.63, 3.8) is 0 Å². The fourth-order valence-corrected chi connectivity index (χ4v) is 6.82. The molecule has 1 amide bonds. The number of amides is 1. The predicted octanol–water partition coefficient (Wildman–Crippen LogP) is 2.71. The van der Waals surface area contributed by atoms with Crippen LogP contribution >= 0.6 is 0 Å². The summed E-state index contributed by atoms with van der Waals surface area (Å²) in [5.41, 5.74) is -5.05. The second kappa shape index (κ2) is 58.1. The minimum Gasteiger partial charge on any atom is -0.379 e. The number of aldehydes is 1. The van der Waals surface area contributed by atoms with Crippen molar-refractivity contribution in [2.24, 2.45) is 0 Å². The quantitative estimate of drug-likeness (QED) is 0.0321. The van der Waals surface area contributed by atoms with Crippen LogP contribution in [0.2, 0.25) is 0 Å². The molecule has 0 saturated heterocycles. The monoisotopic (exact) mass is 1280 g/mol. The van der Waals surface area contributed by atoms with E-state index in [0.717, 1.165) is 25.6 Å². The van der Waals surface area contributed by atoms with Crippen LogP contribution in [0.15, 0.2) is 24.4 Å². The van der Waals surface area contributed by atoms with E-state index in [1.165, 1.54) is 0 Å². The lowest BCUT2D eigenvalue weighted by molar-refractivity contribution is -0.143. The van der Waals surface area contributed by atoms with Gasteiger partial charge < -0.3 is 106 Å². The van der Waals surface area contributed by atoms with Gasteiger partial charge >= 0.3 is 12.4 Å². The maximum atomic E-state index is 13.8. The summed E-state index contributed by atoms with van der Waals surface area (Å²) in [5, 5.41) is 18.0. The van der Waals surface area contributed by atoms with Crippen LogP contribution in [0.5, 0.6) is 0 Å². The molecule has 2 rings (SSSR count). The lowest BCUT2D eigenvalue weighted by Crippen LogP contribution is -2.26. The van der Waals surface area contributed by atoms with Crippen molar-refractivity contribution >= 4 is 18.3 Å². The summed E-state index contributed by atoms with van der Waals surface area (Å²) >= 11 is 0. The highest BCUT2D eigenvalue weighted by Crippen LogP contribution is 2.42. The van der Waals surface area contributed by atoms with E-state index in [9.17, 15) is 35.9 Å². The summed E-state index contributed by atoms with van der Waals surface area (Å²) in [6, 6.07) is 1.03. The molecule has 1 aromatic heterocycles. The lowest BCUT2D eigenvalue weighted by Gasteiger charge is -2.18. The first-order valence-corrected chi connectivity index (χ1v) is 29.4. The third-order valence-corrected chi connectivity index (χ3v) is 11.1. The third kappa shape index (κ3) is 48.8. The fourth-order valence-electron chi connectivity index (χ4n) is 6.82. The smallest absolute Gasteiger partial charge is 0.379 e. The molecule has 26 nitrogen and oxygen atoms in total. The zero-order valence-electron chi connectivity index (χ0n) is 50.5. The van der Waals surface area contributed by atoms with Crippen LogP contribution in [0.1, 0.15) is 23.1 Å². The van der Waals surface area contributed by atoms with Gasteiger partial charge in [0.1, 0.15) is 12.0 Å². The molecule has 4 N–H and O–H groups in total. The van der Waals surface area contributed by atoms with E-state index in [1.807, 2.05) is 0 Å². The summed E-state index contributed by atoms with van der Waals surface area (Å²) in [6.07, 6.45) is -7.04. The molecule has 0 aliphatic heterocycles. The Morgan fingerprint density at radius 2 is 0.659 bits per heavy atom. The normalized spacial score (nSPS) is 12.1. The Hall–Kier alpha value is -3.98. The van der Waals surface area contributed by atoms with Gasteiger partial charge in [0, 0.05) is 50.8 Å². The zero-order chi connectivity index (χ0) is 63.4. The SMILES string of the molecule is O=CCCOCCOCCOCCOCCOCCOCCNCCOCCOCCOCCOCCOCCOCCNCCOCCOCCOCCOCCOCCOCCNC(=O)/C=C/c1c(C(F)(F)F)cc(-c2cn[nH]n2)cc1C(F)(F)F. The van der Waals surface area contributed by atoms with Crippen molar-refractivity contribution in [1.29, 1.82) is 0 Å². The number of aromatic nitrogens is 3. The Morgan fingerprint density at radius 1 is 0.398 bits per heavy atom. The first-order valence-electron chi connectivity index (χ1n) is 29.4. The Balaban J connectivity index is 1.18. The van der Waals surface area contributed by atoms with Gasteiger partial charge in [-0.3, -0.25) is 4.79 Å². The van der Waals surface area contributed by atoms with Crippen LogP contribution in [-0.4, -0.2) is 298 Å². The number of alkyl halides is 6. The summed E-state index contributed by atoms with van der Waals surface area (Å²) in [6.45, 7) is 18.6. The molecular weight excluding hydrogens is 1190 g/mol. The van der Waals surface area contributed by atoms with Crippen LogP contribution in [0.3, 0.4) is 0 Å². The van der Waals surface area contributed by atoms with E-state index in [4.69, 9.17) is 85.3 Å². The maximum absolute atomic E-state index is 13.8. The van der Waals surface area contributed by atoms with Crippen molar-refractivity contribution in [2.45, 2.75) is 18.8 Å². The first-order chi connectivity index (χ1) is 43.0. The van der Waals surface area contributed by atoms with Crippen LogP contribution in [0, 0.1) is 0 Å². The number of nitrogens with zero attached hydrogens (tertiary/aromatic N) is 2. The minimum absolute atomic E-state index is 0.0198. The maximum Gasteiger partial charge on any atom is 0.417 e. The number of benzene rings is 1. The molecule has 0 atom stereocenters. The van der Waals surface area contributed by atoms with Gasteiger partial charge in [0.25, 0.3) is 0 Å². The zero-order valence-corrected chi connectivity index (χ0v) is 50.5. The van der Waals surface area contributed by atoms with E-state index in [1.54, 1.807) is 0 Å². The average molecular weight is 1290 g/mol. The largest absolute Gasteiger partial charge is 0.417 e. The first kappa shape index (κ1) is 80.1. The number of carbonyl (C=O) groups excluding carboxylic acids is 2. The fraction of sp³-hybridized carbons (Fsp3) is 0.786. The number of carbonyl (C=O) groups is 2. The number of hydrogen-bond donors (Lipinski definition) is 4. The summed E-state index contributed by atoms with van der Waals surface area (Å²) in [7, 11) is 0. The van der Waals surface area contributed by atoms with E-state index in [-0.39, 0.29) is 32.1 Å². The molecule has 1 heterocycles. The molecule has 0 saturated carbocycles. The minimum atomic E-state index is -5.17. The van der Waals surface area contributed by atoms with Gasteiger partial charge in [-0.05, 0) is 23.8 Å². The highest BCUT2D eigenvalue weighted by atomic mass is 19.4. The summed E-state index contributed by atoms with van der Waals surface area (Å²) in [4.78, 5) is 22.4. The summed E-state index contributed by atoms with van der Waals surface area (Å²) < 4.78 is 181. The molecule has 0 bridgehead atoms. The molecule has 88 heavy (non-hydrogen) atoms. The van der Waals surface area contributed by atoms with E-state index >= 15 is 0 Å². The van der Waals surface area contributed by atoms with Crippen LogP contribution in [0.4, 0.5) is 26.3 Å². The summed E-state index contributed by atoms with van der Waals surface area (Å²) in [5.74, 6) is -0.915. The van der Waals surface area contributed by atoms with Crippen LogP contribution in [0.25, 0.3) is 17.3 Å². The number of halogens is 6.